The Morgan fingerprint density at radius 2 is 1.59 bits per heavy atom. The second kappa shape index (κ2) is 5.58. The molecule has 0 fully saturated rings. The Hall–Kier alpha value is -2.35. The highest BCUT2D eigenvalue weighted by Crippen LogP contribution is 2.50. The van der Waals surface area contributed by atoms with Crippen molar-refractivity contribution in [2.24, 2.45) is 7.05 Å². The fourth-order valence-corrected chi connectivity index (χ4v) is 4.61. The second-order valence-electron chi connectivity index (χ2n) is 8.85. The van der Waals surface area contributed by atoms with Crippen molar-refractivity contribution < 1.29 is 8.79 Å². The molecule has 0 radical (unpaired) electrons. The highest BCUT2D eigenvalue weighted by molar-refractivity contribution is 5.63. The maximum absolute atomic E-state index is 8.57. The summed E-state index contributed by atoms with van der Waals surface area (Å²) in [6.45, 7) is 10.2. The van der Waals surface area contributed by atoms with Crippen LogP contribution in [-0.2, 0) is 17.9 Å². The van der Waals surface area contributed by atoms with E-state index >= 15 is 0 Å². The summed E-state index contributed by atoms with van der Waals surface area (Å²) in [6.07, 6.45) is 0. The zero-order valence-electron chi connectivity index (χ0n) is 20.4. The minimum Gasteiger partial charge on any atom is -0.124 e. The van der Waals surface area contributed by atoms with Gasteiger partial charge in [0, 0.05) is 26.6 Å². The number of fused-ring (bicyclic) bond motifs is 3. The zero-order chi connectivity index (χ0) is 22.2. The van der Waals surface area contributed by atoms with Gasteiger partial charge in [0.15, 0.2) is 7.05 Å². The maximum atomic E-state index is 8.57. The third-order valence-electron chi connectivity index (χ3n) is 6.55. The normalized spacial score (nSPS) is 22.4. The van der Waals surface area contributed by atoms with Gasteiger partial charge in [-0.3, -0.25) is 0 Å². The Balaban J connectivity index is 2.16. The van der Waals surface area contributed by atoms with Gasteiger partial charge in [-0.15, -0.1) is 9.36 Å². The molecule has 4 rings (SSSR count). The highest BCUT2D eigenvalue weighted by Gasteiger charge is 2.50. The van der Waals surface area contributed by atoms with Gasteiger partial charge in [0.1, 0.15) is 5.69 Å². The Labute approximate surface area is 167 Å². The molecule has 2 heteroatoms. The molecule has 27 heavy (non-hydrogen) atoms. The molecule has 3 aromatic rings. The smallest absolute Gasteiger partial charge is 0.124 e. The van der Waals surface area contributed by atoms with Crippen molar-refractivity contribution in [1.29, 1.82) is 0 Å². The van der Waals surface area contributed by atoms with E-state index in [1.165, 1.54) is 11.1 Å². The van der Waals surface area contributed by atoms with Crippen LogP contribution in [0.4, 0.5) is 0 Å². The van der Waals surface area contributed by atoms with Crippen LogP contribution in [0.15, 0.2) is 42.5 Å². The molecule has 0 aliphatic carbocycles. The van der Waals surface area contributed by atoms with Crippen LogP contribution >= 0.6 is 0 Å². The van der Waals surface area contributed by atoms with Gasteiger partial charge < -0.3 is 0 Å². The average Bonchev–Trinajstić information content (AvgIpc) is 2.95. The van der Waals surface area contributed by atoms with Crippen molar-refractivity contribution >= 4 is 0 Å². The summed E-state index contributed by atoms with van der Waals surface area (Å²) in [7, 11) is 2.03. The first-order valence-corrected chi connectivity index (χ1v) is 9.62. The van der Waals surface area contributed by atoms with Crippen LogP contribution in [0.2, 0.25) is 0 Å². The van der Waals surface area contributed by atoms with Gasteiger partial charge in [-0.25, -0.2) is 0 Å². The number of hydrogen-bond acceptors (Lipinski definition) is 0. The van der Waals surface area contributed by atoms with Gasteiger partial charge in [0.05, 0.1) is 5.69 Å². The summed E-state index contributed by atoms with van der Waals surface area (Å²) in [4.78, 5) is 0. The van der Waals surface area contributed by atoms with Gasteiger partial charge in [-0.05, 0) is 44.0 Å². The fourth-order valence-electron chi connectivity index (χ4n) is 4.61. The average molecular weight is 363 g/mol. The maximum Gasteiger partial charge on any atom is 0.239 e. The van der Waals surface area contributed by atoms with Crippen molar-refractivity contribution in [2.75, 3.05) is 0 Å². The van der Waals surface area contributed by atoms with Gasteiger partial charge in [-0.2, -0.15) is 0 Å². The molecule has 0 saturated carbocycles. The number of hydrogen-bond donors (Lipinski definition) is 0. The first kappa shape index (κ1) is 14.7. The summed E-state index contributed by atoms with van der Waals surface area (Å²) >= 11 is 0. The van der Waals surface area contributed by atoms with E-state index < -0.39 is 17.7 Å². The molecule has 0 bridgehead atoms. The monoisotopic (exact) mass is 362 g/mol. The van der Waals surface area contributed by atoms with E-state index in [-0.39, 0.29) is 0 Å². The van der Waals surface area contributed by atoms with E-state index in [0.717, 1.165) is 33.8 Å². The van der Waals surface area contributed by atoms with Gasteiger partial charge in [0.25, 0.3) is 0 Å². The molecule has 1 aliphatic rings. The predicted octanol–water partition coefficient (Wildman–Crippen LogP) is 5.46. The third kappa shape index (κ3) is 2.35. The Morgan fingerprint density at radius 3 is 2.22 bits per heavy atom. The van der Waals surface area contributed by atoms with Crippen molar-refractivity contribution in [3.05, 3.63) is 70.4 Å². The van der Waals surface area contributed by atoms with Crippen LogP contribution in [0.5, 0.6) is 0 Å². The lowest BCUT2D eigenvalue weighted by Gasteiger charge is -2.46. The standard InChI is InChI=1S/C25H31N2/c1-16-12-17(2)14-19(13-16)21-15-22-25(6,7)24(4,5)20-11-9-10-18(3)23(20)27(22)26(21)8/h9-15H,1-8H3/q+1/i6D3. The largest absolute Gasteiger partial charge is 0.239 e. The second-order valence-corrected chi connectivity index (χ2v) is 8.85. The Bertz CT molecular complexity index is 1150. The summed E-state index contributed by atoms with van der Waals surface area (Å²) in [5.74, 6) is 0. The zero-order valence-corrected chi connectivity index (χ0v) is 17.4. The summed E-state index contributed by atoms with van der Waals surface area (Å²) in [5, 5.41) is 0. The summed E-state index contributed by atoms with van der Waals surface area (Å²) in [6, 6.07) is 14.8. The first-order valence-electron chi connectivity index (χ1n) is 11.1. The minimum absolute atomic E-state index is 0.569. The number of nitrogens with zero attached hydrogens (tertiary/aromatic N) is 2. The van der Waals surface area contributed by atoms with Crippen molar-refractivity contribution in [3.8, 4) is 16.9 Å². The number of aromatic nitrogens is 2. The molecule has 0 spiro atoms. The molecular weight excluding hydrogens is 328 g/mol. The van der Waals surface area contributed by atoms with Gasteiger partial charge in [0.2, 0.25) is 5.69 Å². The van der Waals surface area contributed by atoms with E-state index in [4.69, 9.17) is 4.11 Å². The molecule has 1 unspecified atom stereocenters. The lowest BCUT2D eigenvalue weighted by atomic mass is 9.60. The third-order valence-corrected chi connectivity index (χ3v) is 6.55. The molecule has 2 heterocycles. The van der Waals surface area contributed by atoms with E-state index in [2.05, 4.69) is 80.4 Å². The van der Waals surface area contributed by atoms with E-state index in [1.54, 1.807) is 0 Å². The van der Waals surface area contributed by atoms with Crippen LogP contribution in [0.1, 0.15) is 59.7 Å². The van der Waals surface area contributed by atoms with Crippen LogP contribution < -0.4 is 4.68 Å². The summed E-state index contributed by atoms with van der Waals surface area (Å²) < 4.78 is 30.0. The molecule has 1 aliphatic heterocycles. The Morgan fingerprint density at radius 1 is 0.926 bits per heavy atom. The van der Waals surface area contributed by atoms with Gasteiger partial charge >= 0.3 is 0 Å². The van der Waals surface area contributed by atoms with E-state index in [0.29, 0.717) is 0 Å². The van der Waals surface area contributed by atoms with E-state index in [1.807, 2.05) is 20.0 Å². The SMILES string of the molecule is [2H]C([2H])([2H])C1(C)c2cc(-c3cc(C)cc(C)c3)[n+](C)n2-c2c(C)cccc2C1(C)C. The van der Waals surface area contributed by atoms with E-state index in [9.17, 15) is 0 Å². The van der Waals surface area contributed by atoms with Crippen molar-refractivity contribution in [2.45, 2.75) is 59.2 Å². The Kier molecular flexibility index (Phi) is 3.03. The molecule has 2 nitrogen and oxygen atoms in total. The molecule has 1 atom stereocenters. The van der Waals surface area contributed by atoms with Crippen molar-refractivity contribution in [1.82, 2.24) is 4.68 Å². The molecule has 0 amide bonds. The predicted molar refractivity (Wildman–Crippen MR) is 113 cm³/mol. The van der Waals surface area contributed by atoms with Crippen LogP contribution in [0.3, 0.4) is 0 Å². The molecule has 1 aromatic heterocycles. The van der Waals surface area contributed by atoms with Crippen LogP contribution in [-0.4, -0.2) is 4.68 Å². The first-order chi connectivity index (χ1) is 13.8. The fraction of sp³-hybridized carbons (Fsp3) is 0.400. The number of aryl methyl sites for hydroxylation is 3. The topological polar surface area (TPSA) is 8.81 Å². The number of rotatable bonds is 1. The molecule has 0 saturated heterocycles. The molecule has 0 N–H and O–H groups in total. The molecule has 2 aromatic carbocycles. The number of benzene rings is 2. The molecule has 140 valence electrons. The van der Waals surface area contributed by atoms with Crippen LogP contribution in [0.25, 0.3) is 16.9 Å². The number of para-hydroxylation sites is 1. The van der Waals surface area contributed by atoms with Crippen molar-refractivity contribution in [3.63, 3.8) is 0 Å². The summed E-state index contributed by atoms with van der Waals surface area (Å²) in [5.41, 5.74) is 7.07. The molecular formula is C25H31N2+. The lowest BCUT2D eigenvalue weighted by Crippen LogP contribution is -2.51. The van der Waals surface area contributed by atoms with Gasteiger partial charge in [-0.1, -0.05) is 63.0 Å². The highest BCUT2D eigenvalue weighted by atomic mass is 15.4. The minimum atomic E-state index is -2.17. The lowest BCUT2D eigenvalue weighted by molar-refractivity contribution is -0.735. The quantitative estimate of drug-likeness (QED) is 0.508. The van der Waals surface area contributed by atoms with Crippen LogP contribution in [0, 0.1) is 20.8 Å².